The van der Waals surface area contributed by atoms with Gasteiger partial charge in [0, 0.05) is 26.9 Å². The standard InChI is InChI=1S/C12H25NO2/c1-14-9-3-2-7-13-8-4-10-15-11-12-5-6-12/h12-13H,2-11H2,1H3. The highest BCUT2D eigenvalue weighted by Gasteiger charge is 2.20. The molecule has 0 aromatic heterocycles. The third kappa shape index (κ3) is 8.85. The number of unbranched alkanes of at least 4 members (excludes halogenated alkanes) is 1. The van der Waals surface area contributed by atoms with E-state index in [1.54, 1.807) is 7.11 Å². The van der Waals surface area contributed by atoms with Gasteiger partial charge in [0.25, 0.3) is 0 Å². The predicted octanol–water partition coefficient (Wildman–Crippen LogP) is 1.82. The minimum atomic E-state index is 0.881. The number of hydrogen-bond donors (Lipinski definition) is 1. The van der Waals surface area contributed by atoms with E-state index in [-0.39, 0.29) is 0 Å². The molecule has 0 aliphatic heterocycles. The lowest BCUT2D eigenvalue weighted by Crippen LogP contribution is -2.18. The molecule has 0 aromatic carbocycles. The van der Waals surface area contributed by atoms with E-state index in [2.05, 4.69) is 5.32 Å². The summed E-state index contributed by atoms with van der Waals surface area (Å²) in [5, 5.41) is 3.41. The summed E-state index contributed by atoms with van der Waals surface area (Å²) in [5.74, 6) is 0.895. The van der Waals surface area contributed by atoms with E-state index in [0.29, 0.717) is 0 Å². The van der Waals surface area contributed by atoms with Gasteiger partial charge in [0.15, 0.2) is 0 Å². The molecule has 0 heterocycles. The van der Waals surface area contributed by atoms with E-state index < -0.39 is 0 Å². The van der Waals surface area contributed by atoms with E-state index in [0.717, 1.165) is 51.7 Å². The van der Waals surface area contributed by atoms with Crippen molar-refractivity contribution in [1.29, 1.82) is 0 Å². The Hall–Kier alpha value is -0.120. The molecule has 0 bridgehead atoms. The third-order valence-electron chi connectivity index (χ3n) is 2.64. The molecule has 1 aliphatic carbocycles. The molecule has 1 fully saturated rings. The lowest BCUT2D eigenvalue weighted by molar-refractivity contribution is 0.122. The van der Waals surface area contributed by atoms with Crippen LogP contribution in [0.5, 0.6) is 0 Å². The van der Waals surface area contributed by atoms with Crippen molar-refractivity contribution in [2.24, 2.45) is 5.92 Å². The van der Waals surface area contributed by atoms with Crippen LogP contribution < -0.4 is 5.32 Å². The number of rotatable bonds is 11. The molecule has 0 aromatic rings. The van der Waals surface area contributed by atoms with Crippen LogP contribution in [0.4, 0.5) is 0 Å². The zero-order valence-electron chi connectivity index (χ0n) is 9.96. The fourth-order valence-electron chi connectivity index (χ4n) is 1.46. The van der Waals surface area contributed by atoms with Gasteiger partial charge in [-0.15, -0.1) is 0 Å². The SMILES string of the molecule is COCCCCNCCCOCC1CC1. The normalized spacial score (nSPS) is 15.8. The molecule has 0 saturated heterocycles. The Balaban J connectivity index is 1.62. The second-order valence-electron chi connectivity index (χ2n) is 4.32. The Morgan fingerprint density at radius 2 is 1.87 bits per heavy atom. The Bertz CT molecular complexity index is 138. The fourth-order valence-corrected chi connectivity index (χ4v) is 1.46. The summed E-state index contributed by atoms with van der Waals surface area (Å²) in [6, 6.07) is 0. The Kier molecular flexibility index (Phi) is 7.88. The molecule has 15 heavy (non-hydrogen) atoms. The minimum Gasteiger partial charge on any atom is -0.385 e. The highest BCUT2D eigenvalue weighted by Crippen LogP contribution is 2.28. The first-order valence-electron chi connectivity index (χ1n) is 6.21. The summed E-state index contributed by atoms with van der Waals surface area (Å²) in [6.45, 7) is 4.98. The van der Waals surface area contributed by atoms with Gasteiger partial charge < -0.3 is 14.8 Å². The van der Waals surface area contributed by atoms with Gasteiger partial charge in [0.1, 0.15) is 0 Å². The second-order valence-corrected chi connectivity index (χ2v) is 4.32. The zero-order valence-corrected chi connectivity index (χ0v) is 9.96. The van der Waals surface area contributed by atoms with Crippen LogP contribution >= 0.6 is 0 Å². The van der Waals surface area contributed by atoms with Crippen molar-refractivity contribution in [3.8, 4) is 0 Å². The van der Waals surface area contributed by atoms with Gasteiger partial charge >= 0.3 is 0 Å². The first kappa shape index (κ1) is 12.9. The monoisotopic (exact) mass is 215 g/mol. The zero-order chi connectivity index (χ0) is 10.8. The van der Waals surface area contributed by atoms with Gasteiger partial charge in [-0.05, 0) is 51.1 Å². The quantitative estimate of drug-likeness (QED) is 0.533. The number of hydrogen-bond acceptors (Lipinski definition) is 3. The Morgan fingerprint density at radius 1 is 1.07 bits per heavy atom. The third-order valence-corrected chi connectivity index (χ3v) is 2.64. The average Bonchev–Trinajstić information content (AvgIpc) is 3.05. The molecule has 90 valence electrons. The average molecular weight is 215 g/mol. The summed E-state index contributed by atoms with van der Waals surface area (Å²) in [7, 11) is 1.75. The van der Waals surface area contributed by atoms with Crippen LogP contribution in [0, 0.1) is 5.92 Å². The predicted molar refractivity (Wildman–Crippen MR) is 62.1 cm³/mol. The highest BCUT2D eigenvalue weighted by atomic mass is 16.5. The molecule has 0 spiro atoms. The van der Waals surface area contributed by atoms with Gasteiger partial charge in [-0.3, -0.25) is 0 Å². The lowest BCUT2D eigenvalue weighted by atomic mass is 10.3. The van der Waals surface area contributed by atoms with Crippen LogP contribution in [0.25, 0.3) is 0 Å². The van der Waals surface area contributed by atoms with E-state index in [1.165, 1.54) is 19.3 Å². The lowest BCUT2D eigenvalue weighted by Gasteiger charge is -2.05. The maximum atomic E-state index is 5.54. The number of nitrogens with one attached hydrogen (secondary N) is 1. The molecule has 0 unspecified atom stereocenters. The van der Waals surface area contributed by atoms with Crippen LogP contribution in [0.15, 0.2) is 0 Å². The fraction of sp³-hybridized carbons (Fsp3) is 1.00. The molecule has 1 rings (SSSR count). The molecule has 0 radical (unpaired) electrons. The second kappa shape index (κ2) is 9.13. The van der Waals surface area contributed by atoms with Crippen molar-refractivity contribution < 1.29 is 9.47 Å². The molecule has 0 amide bonds. The van der Waals surface area contributed by atoms with E-state index >= 15 is 0 Å². The van der Waals surface area contributed by atoms with Gasteiger partial charge in [0.2, 0.25) is 0 Å². The van der Waals surface area contributed by atoms with E-state index in [1.807, 2.05) is 0 Å². The number of methoxy groups -OCH3 is 1. The van der Waals surface area contributed by atoms with Crippen molar-refractivity contribution in [2.75, 3.05) is 40.0 Å². The van der Waals surface area contributed by atoms with Crippen molar-refractivity contribution in [3.63, 3.8) is 0 Å². The van der Waals surface area contributed by atoms with Crippen molar-refractivity contribution in [3.05, 3.63) is 0 Å². The molecule has 1 aliphatic rings. The highest BCUT2D eigenvalue weighted by molar-refractivity contribution is 4.71. The van der Waals surface area contributed by atoms with E-state index in [4.69, 9.17) is 9.47 Å². The molecule has 1 N–H and O–H groups in total. The van der Waals surface area contributed by atoms with Crippen molar-refractivity contribution in [2.45, 2.75) is 32.1 Å². The molecule has 3 heteroatoms. The maximum absolute atomic E-state index is 5.54. The topological polar surface area (TPSA) is 30.5 Å². The van der Waals surface area contributed by atoms with Crippen LogP contribution in [0.1, 0.15) is 32.1 Å². The largest absolute Gasteiger partial charge is 0.385 e. The molecular formula is C12H25NO2. The van der Waals surface area contributed by atoms with Crippen LogP contribution in [-0.2, 0) is 9.47 Å². The van der Waals surface area contributed by atoms with Crippen molar-refractivity contribution in [1.82, 2.24) is 5.32 Å². The van der Waals surface area contributed by atoms with Crippen LogP contribution in [0.3, 0.4) is 0 Å². The number of ether oxygens (including phenoxy) is 2. The molecule has 3 nitrogen and oxygen atoms in total. The van der Waals surface area contributed by atoms with Crippen LogP contribution in [0.2, 0.25) is 0 Å². The molecule has 0 atom stereocenters. The van der Waals surface area contributed by atoms with Gasteiger partial charge in [-0.25, -0.2) is 0 Å². The minimum absolute atomic E-state index is 0.881. The van der Waals surface area contributed by atoms with Gasteiger partial charge in [-0.2, -0.15) is 0 Å². The summed E-state index contributed by atoms with van der Waals surface area (Å²) in [5.41, 5.74) is 0. The molecular weight excluding hydrogens is 190 g/mol. The summed E-state index contributed by atoms with van der Waals surface area (Å²) in [6.07, 6.45) is 6.27. The smallest absolute Gasteiger partial charge is 0.0494 e. The Labute approximate surface area is 93.5 Å². The van der Waals surface area contributed by atoms with Gasteiger partial charge in [-0.1, -0.05) is 0 Å². The van der Waals surface area contributed by atoms with Crippen LogP contribution in [-0.4, -0.2) is 40.0 Å². The summed E-state index contributed by atoms with van der Waals surface area (Å²) in [4.78, 5) is 0. The maximum Gasteiger partial charge on any atom is 0.0494 e. The van der Waals surface area contributed by atoms with E-state index in [9.17, 15) is 0 Å². The summed E-state index contributed by atoms with van der Waals surface area (Å²) < 4.78 is 10.5. The summed E-state index contributed by atoms with van der Waals surface area (Å²) >= 11 is 0. The molecule has 1 saturated carbocycles. The van der Waals surface area contributed by atoms with Gasteiger partial charge in [0.05, 0.1) is 0 Å². The first-order chi connectivity index (χ1) is 7.43. The Morgan fingerprint density at radius 3 is 2.60 bits per heavy atom. The first-order valence-corrected chi connectivity index (χ1v) is 6.21. The van der Waals surface area contributed by atoms with Crippen molar-refractivity contribution >= 4 is 0 Å².